The number of hydrogen-bond acceptors (Lipinski definition) is 4. The lowest BCUT2D eigenvalue weighted by atomic mass is 10.2. The highest BCUT2D eigenvalue weighted by molar-refractivity contribution is 9.10. The summed E-state index contributed by atoms with van der Waals surface area (Å²) in [7, 11) is 1.68. The number of pyridine rings is 1. The molecule has 0 spiro atoms. The van der Waals surface area contributed by atoms with Crippen LogP contribution >= 0.6 is 15.9 Å². The van der Waals surface area contributed by atoms with E-state index in [2.05, 4.69) is 31.3 Å². The Labute approximate surface area is 143 Å². The van der Waals surface area contributed by atoms with E-state index in [9.17, 15) is 0 Å². The molecular weight excluding hydrogens is 356 g/mol. The van der Waals surface area contributed by atoms with Gasteiger partial charge in [0, 0.05) is 29.0 Å². The second-order valence-corrected chi connectivity index (χ2v) is 6.08. The van der Waals surface area contributed by atoms with Gasteiger partial charge in [-0.05, 0) is 36.8 Å². The molecule has 0 fully saturated rings. The fourth-order valence-electron chi connectivity index (χ4n) is 2.34. The van der Waals surface area contributed by atoms with Crippen molar-refractivity contribution in [1.82, 2.24) is 14.8 Å². The number of nitrogens with one attached hydrogen (secondary N) is 1. The summed E-state index contributed by atoms with van der Waals surface area (Å²) in [6, 6.07) is 7.89. The van der Waals surface area contributed by atoms with Crippen LogP contribution in [0.2, 0.25) is 0 Å². The fourth-order valence-corrected chi connectivity index (χ4v) is 2.75. The first kappa shape index (κ1) is 15.6. The summed E-state index contributed by atoms with van der Waals surface area (Å²) < 4.78 is 8.28. The average Bonchev–Trinajstić information content (AvgIpc) is 2.99. The lowest BCUT2D eigenvalue weighted by Gasteiger charge is -2.13. The van der Waals surface area contributed by atoms with E-state index in [0.29, 0.717) is 6.54 Å². The molecule has 2 aromatic heterocycles. The van der Waals surface area contributed by atoms with Crippen LogP contribution in [0.1, 0.15) is 11.1 Å². The number of halogens is 1. The molecular formula is C17H17BrN4O. The van der Waals surface area contributed by atoms with Gasteiger partial charge in [0.15, 0.2) is 0 Å². The maximum absolute atomic E-state index is 5.41. The van der Waals surface area contributed by atoms with Crippen LogP contribution in [0.15, 0.2) is 53.5 Å². The number of ether oxygens (including phenoxy) is 1. The van der Waals surface area contributed by atoms with Gasteiger partial charge >= 0.3 is 0 Å². The van der Waals surface area contributed by atoms with E-state index < -0.39 is 0 Å². The van der Waals surface area contributed by atoms with Crippen molar-refractivity contribution in [1.29, 1.82) is 0 Å². The molecule has 5 nitrogen and oxygen atoms in total. The topological polar surface area (TPSA) is 52.0 Å². The van der Waals surface area contributed by atoms with E-state index in [0.717, 1.165) is 32.7 Å². The second-order valence-electron chi connectivity index (χ2n) is 5.16. The third kappa shape index (κ3) is 3.53. The van der Waals surface area contributed by atoms with E-state index in [1.54, 1.807) is 19.5 Å². The van der Waals surface area contributed by atoms with Crippen molar-refractivity contribution in [3.63, 3.8) is 0 Å². The molecule has 118 valence electrons. The van der Waals surface area contributed by atoms with Gasteiger partial charge in [-0.15, -0.1) is 0 Å². The lowest BCUT2D eigenvalue weighted by molar-refractivity contribution is 0.410. The van der Waals surface area contributed by atoms with Gasteiger partial charge in [0.05, 0.1) is 30.9 Å². The predicted octanol–water partition coefficient (Wildman–Crippen LogP) is 3.96. The molecule has 0 saturated carbocycles. The Hall–Kier alpha value is -2.34. The van der Waals surface area contributed by atoms with Gasteiger partial charge in [0.1, 0.15) is 5.75 Å². The summed E-state index contributed by atoms with van der Waals surface area (Å²) in [5.41, 5.74) is 4.05. The van der Waals surface area contributed by atoms with Gasteiger partial charge in [-0.2, -0.15) is 5.10 Å². The molecule has 1 aromatic carbocycles. The number of nitrogens with zero attached hydrogens (tertiary/aromatic N) is 3. The summed E-state index contributed by atoms with van der Waals surface area (Å²) in [6.07, 6.45) is 7.38. The average molecular weight is 373 g/mol. The van der Waals surface area contributed by atoms with Crippen molar-refractivity contribution in [2.45, 2.75) is 13.5 Å². The summed E-state index contributed by atoms with van der Waals surface area (Å²) in [6.45, 7) is 2.64. The Morgan fingerprint density at radius 2 is 2.13 bits per heavy atom. The smallest absolute Gasteiger partial charge is 0.123 e. The Balaban J connectivity index is 1.86. The van der Waals surface area contributed by atoms with Gasteiger partial charge in [0.25, 0.3) is 0 Å². The molecule has 3 rings (SSSR count). The van der Waals surface area contributed by atoms with Gasteiger partial charge < -0.3 is 10.1 Å². The molecule has 0 aliphatic heterocycles. The highest BCUT2D eigenvalue weighted by Crippen LogP contribution is 2.25. The van der Waals surface area contributed by atoms with Crippen LogP contribution in [0.4, 0.5) is 5.69 Å². The van der Waals surface area contributed by atoms with E-state index in [1.807, 2.05) is 48.3 Å². The molecule has 0 unspecified atom stereocenters. The zero-order valence-corrected chi connectivity index (χ0v) is 14.5. The van der Waals surface area contributed by atoms with E-state index in [-0.39, 0.29) is 0 Å². The SMILES string of the molecule is COc1ccc(Br)cc1CNc1cnccc1-n1cc(C)cn1. The molecule has 0 bridgehead atoms. The standard InChI is InChI=1S/C17H17BrN4O/c1-12-8-21-22(11-12)16-5-6-19-10-15(16)20-9-13-7-14(18)3-4-17(13)23-2/h3-8,10-11,20H,9H2,1-2H3. The monoisotopic (exact) mass is 372 g/mol. The van der Waals surface area contributed by atoms with Crippen LogP contribution in [-0.4, -0.2) is 21.9 Å². The van der Waals surface area contributed by atoms with Crippen LogP contribution in [0.25, 0.3) is 5.69 Å². The summed E-state index contributed by atoms with van der Waals surface area (Å²) in [5.74, 6) is 0.848. The maximum atomic E-state index is 5.41. The lowest BCUT2D eigenvalue weighted by Crippen LogP contribution is -2.06. The van der Waals surface area contributed by atoms with E-state index in [4.69, 9.17) is 4.74 Å². The molecule has 1 N–H and O–H groups in total. The highest BCUT2D eigenvalue weighted by Gasteiger charge is 2.08. The number of anilines is 1. The molecule has 0 atom stereocenters. The summed E-state index contributed by atoms with van der Waals surface area (Å²) in [4.78, 5) is 4.21. The van der Waals surface area contributed by atoms with Crippen molar-refractivity contribution < 1.29 is 4.74 Å². The van der Waals surface area contributed by atoms with E-state index in [1.165, 1.54) is 0 Å². The first-order chi connectivity index (χ1) is 11.2. The quantitative estimate of drug-likeness (QED) is 0.736. The molecule has 0 radical (unpaired) electrons. The Morgan fingerprint density at radius 3 is 2.87 bits per heavy atom. The normalized spacial score (nSPS) is 10.6. The minimum absolute atomic E-state index is 0.627. The molecule has 6 heteroatoms. The Kier molecular flexibility index (Phi) is 4.62. The Morgan fingerprint density at radius 1 is 1.26 bits per heavy atom. The van der Waals surface area contributed by atoms with Crippen molar-refractivity contribution in [3.8, 4) is 11.4 Å². The highest BCUT2D eigenvalue weighted by atomic mass is 79.9. The molecule has 2 heterocycles. The minimum Gasteiger partial charge on any atom is -0.496 e. The van der Waals surface area contributed by atoms with Crippen molar-refractivity contribution in [2.24, 2.45) is 0 Å². The molecule has 0 saturated heterocycles. The van der Waals surface area contributed by atoms with Gasteiger partial charge in [-0.3, -0.25) is 4.98 Å². The molecule has 3 aromatic rings. The van der Waals surface area contributed by atoms with Crippen LogP contribution in [0.5, 0.6) is 5.75 Å². The first-order valence-electron chi connectivity index (χ1n) is 7.19. The van der Waals surface area contributed by atoms with Crippen LogP contribution < -0.4 is 10.1 Å². The molecule has 0 aliphatic carbocycles. The predicted molar refractivity (Wildman–Crippen MR) is 94.1 cm³/mol. The van der Waals surface area contributed by atoms with Gasteiger partial charge in [-0.25, -0.2) is 4.68 Å². The third-order valence-corrected chi connectivity index (χ3v) is 3.96. The minimum atomic E-state index is 0.627. The number of aryl methyl sites for hydroxylation is 1. The van der Waals surface area contributed by atoms with Crippen LogP contribution in [0.3, 0.4) is 0 Å². The zero-order valence-electron chi connectivity index (χ0n) is 13.0. The zero-order chi connectivity index (χ0) is 16.2. The third-order valence-electron chi connectivity index (χ3n) is 3.47. The number of hydrogen-bond donors (Lipinski definition) is 1. The van der Waals surface area contributed by atoms with Crippen LogP contribution in [0, 0.1) is 6.92 Å². The van der Waals surface area contributed by atoms with Crippen molar-refractivity contribution >= 4 is 21.6 Å². The van der Waals surface area contributed by atoms with E-state index >= 15 is 0 Å². The van der Waals surface area contributed by atoms with Gasteiger partial charge in [-0.1, -0.05) is 15.9 Å². The summed E-state index contributed by atoms with van der Waals surface area (Å²) in [5, 5.41) is 7.78. The molecule has 0 aliphatic rings. The maximum Gasteiger partial charge on any atom is 0.123 e. The Bertz CT molecular complexity index is 816. The number of benzene rings is 1. The van der Waals surface area contributed by atoms with Crippen molar-refractivity contribution in [2.75, 3.05) is 12.4 Å². The van der Waals surface area contributed by atoms with Crippen molar-refractivity contribution in [3.05, 3.63) is 64.7 Å². The first-order valence-corrected chi connectivity index (χ1v) is 7.98. The largest absolute Gasteiger partial charge is 0.496 e. The summed E-state index contributed by atoms with van der Waals surface area (Å²) >= 11 is 3.50. The fraction of sp³-hybridized carbons (Fsp3) is 0.176. The molecule has 23 heavy (non-hydrogen) atoms. The number of rotatable bonds is 5. The number of aromatic nitrogens is 3. The van der Waals surface area contributed by atoms with Crippen LogP contribution in [-0.2, 0) is 6.54 Å². The molecule has 0 amide bonds. The van der Waals surface area contributed by atoms with Gasteiger partial charge in [0.2, 0.25) is 0 Å². The second kappa shape index (κ2) is 6.83. The number of methoxy groups -OCH3 is 1.